The Labute approximate surface area is 171 Å². The van der Waals surface area contributed by atoms with Crippen LogP contribution in [0.25, 0.3) is 11.3 Å². The van der Waals surface area contributed by atoms with Crippen molar-refractivity contribution in [2.75, 3.05) is 20.2 Å². The average molecular weight is 387 g/mol. The van der Waals surface area contributed by atoms with E-state index in [2.05, 4.69) is 4.98 Å². The third-order valence-corrected chi connectivity index (χ3v) is 5.41. The van der Waals surface area contributed by atoms with E-state index in [4.69, 9.17) is 9.72 Å². The minimum atomic E-state index is 0.179. The number of hydrogen-bond donors (Lipinski definition) is 0. The molecule has 2 aromatic carbocycles. The lowest BCUT2D eigenvalue weighted by molar-refractivity contribution is -0.131. The Morgan fingerprint density at radius 2 is 2.00 bits per heavy atom. The molecule has 1 aromatic heterocycles. The zero-order chi connectivity index (χ0) is 20.1. The van der Waals surface area contributed by atoms with E-state index < -0.39 is 0 Å². The number of rotatable bonds is 5. The number of piperidine rings is 1. The molecular formula is C24H25N3O2. The van der Waals surface area contributed by atoms with Gasteiger partial charge in [-0.1, -0.05) is 42.5 Å². The van der Waals surface area contributed by atoms with Crippen molar-refractivity contribution in [3.63, 3.8) is 0 Å². The smallest absolute Gasteiger partial charge is 0.227 e. The molecule has 0 saturated carbocycles. The molecule has 5 nitrogen and oxygen atoms in total. The maximum Gasteiger partial charge on any atom is 0.227 e. The fraction of sp³-hybridized carbons (Fsp3) is 0.292. The molecule has 5 heteroatoms. The molecule has 3 aromatic rings. The van der Waals surface area contributed by atoms with Crippen LogP contribution in [-0.4, -0.2) is 41.0 Å². The number of likely N-dealkylation sites (tertiary alicyclic amines) is 1. The van der Waals surface area contributed by atoms with Gasteiger partial charge in [0.25, 0.3) is 0 Å². The predicted octanol–water partition coefficient (Wildman–Crippen LogP) is 4.10. The quantitative estimate of drug-likeness (QED) is 0.661. The Morgan fingerprint density at radius 3 is 2.83 bits per heavy atom. The van der Waals surface area contributed by atoms with Crippen LogP contribution in [0, 0.1) is 0 Å². The minimum absolute atomic E-state index is 0.179. The van der Waals surface area contributed by atoms with Crippen LogP contribution >= 0.6 is 0 Å². The molecule has 1 fully saturated rings. The van der Waals surface area contributed by atoms with Crippen molar-refractivity contribution in [2.24, 2.45) is 0 Å². The third-order valence-electron chi connectivity index (χ3n) is 5.41. The summed E-state index contributed by atoms with van der Waals surface area (Å²) in [5.74, 6) is 1.18. The van der Waals surface area contributed by atoms with Gasteiger partial charge in [-0.05, 0) is 30.5 Å². The second-order valence-electron chi connectivity index (χ2n) is 7.40. The molecule has 0 bridgehead atoms. The Kier molecular flexibility index (Phi) is 5.84. The normalized spacial score (nSPS) is 16.4. The average Bonchev–Trinajstić information content (AvgIpc) is 2.80. The molecule has 1 saturated heterocycles. The van der Waals surface area contributed by atoms with Crippen LogP contribution in [0.3, 0.4) is 0 Å². The predicted molar refractivity (Wildman–Crippen MR) is 113 cm³/mol. The summed E-state index contributed by atoms with van der Waals surface area (Å²) in [6, 6.07) is 17.8. The van der Waals surface area contributed by atoms with Crippen LogP contribution in [0.5, 0.6) is 5.75 Å². The van der Waals surface area contributed by atoms with Crippen LogP contribution in [0.4, 0.5) is 0 Å². The van der Waals surface area contributed by atoms with Gasteiger partial charge in [0.1, 0.15) is 5.75 Å². The van der Waals surface area contributed by atoms with Gasteiger partial charge in [0, 0.05) is 30.8 Å². The number of carbonyl (C=O) groups is 1. The van der Waals surface area contributed by atoms with Gasteiger partial charge in [-0.2, -0.15) is 0 Å². The number of benzene rings is 2. The van der Waals surface area contributed by atoms with Gasteiger partial charge < -0.3 is 9.64 Å². The molecule has 0 radical (unpaired) electrons. The van der Waals surface area contributed by atoms with Crippen molar-refractivity contribution in [1.29, 1.82) is 0 Å². The number of amides is 1. The van der Waals surface area contributed by atoms with E-state index in [-0.39, 0.29) is 11.8 Å². The monoisotopic (exact) mass is 387 g/mol. The summed E-state index contributed by atoms with van der Waals surface area (Å²) in [6.07, 6.45) is 6.06. The second kappa shape index (κ2) is 8.86. The van der Waals surface area contributed by atoms with Gasteiger partial charge in [-0.15, -0.1) is 0 Å². The maximum absolute atomic E-state index is 12.8. The lowest BCUT2D eigenvalue weighted by Crippen LogP contribution is -2.40. The Bertz CT molecular complexity index is 975. The molecule has 29 heavy (non-hydrogen) atoms. The molecular weight excluding hydrogens is 362 g/mol. The minimum Gasteiger partial charge on any atom is -0.497 e. The number of nitrogens with zero attached hydrogens (tertiary/aromatic N) is 3. The molecule has 2 heterocycles. The summed E-state index contributed by atoms with van der Waals surface area (Å²) < 4.78 is 5.32. The number of hydrogen-bond acceptors (Lipinski definition) is 4. The summed E-state index contributed by atoms with van der Waals surface area (Å²) in [7, 11) is 1.66. The Hall–Kier alpha value is -3.21. The van der Waals surface area contributed by atoms with E-state index in [9.17, 15) is 4.79 Å². The molecule has 0 unspecified atom stereocenters. The van der Waals surface area contributed by atoms with E-state index in [1.54, 1.807) is 13.3 Å². The maximum atomic E-state index is 12.8. The van der Waals surface area contributed by atoms with Crippen molar-refractivity contribution >= 4 is 5.91 Å². The van der Waals surface area contributed by atoms with Crippen LogP contribution in [0.1, 0.15) is 30.0 Å². The van der Waals surface area contributed by atoms with Gasteiger partial charge in [0.15, 0.2) is 0 Å². The molecule has 1 amide bonds. The van der Waals surface area contributed by atoms with E-state index in [0.29, 0.717) is 13.0 Å². The zero-order valence-corrected chi connectivity index (χ0v) is 16.6. The summed E-state index contributed by atoms with van der Waals surface area (Å²) in [6.45, 7) is 1.51. The summed E-state index contributed by atoms with van der Waals surface area (Å²) >= 11 is 0. The lowest BCUT2D eigenvalue weighted by atomic mass is 9.94. The first kappa shape index (κ1) is 19.1. The zero-order valence-electron chi connectivity index (χ0n) is 16.6. The first-order valence-electron chi connectivity index (χ1n) is 10.0. The van der Waals surface area contributed by atoms with E-state index in [0.717, 1.165) is 47.7 Å². The van der Waals surface area contributed by atoms with Gasteiger partial charge >= 0.3 is 0 Å². The first-order valence-corrected chi connectivity index (χ1v) is 10.0. The van der Waals surface area contributed by atoms with Gasteiger partial charge in [-0.3, -0.25) is 9.78 Å². The summed E-state index contributed by atoms with van der Waals surface area (Å²) in [5.41, 5.74) is 3.81. The fourth-order valence-electron chi connectivity index (χ4n) is 3.83. The van der Waals surface area contributed by atoms with Gasteiger partial charge in [-0.25, -0.2) is 4.98 Å². The largest absolute Gasteiger partial charge is 0.497 e. The number of carbonyl (C=O) groups excluding carboxylic acids is 1. The molecule has 4 rings (SSSR count). The van der Waals surface area contributed by atoms with Gasteiger partial charge in [0.2, 0.25) is 5.91 Å². The number of methoxy groups -OCH3 is 1. The summed E-state index contributed by atoms with van der Waals surface area (Å²) in [4.78, 5) is 24.0. The Balaban J connectivity index is 1.49. The van der Waals surface area contributed by atoms with E-state index in [1.165, 1.54) is 0 Å². The van der Waals surface area contributed by atoms with Crippen molar-refractivity contribution in [3.05, 3.63) is 78.2 Å². The summed E-state index contributed by atoms with van der Waals surface area (Å²) in [5, 5.41) is 0. The highest BCUT2D eigenvalue weighted by Crippen LogP contribution is 2.28. The highest BCUT2D eigenvalue weighted by Gasteiger charge is 2.26. The third kappa shape index (κ3) is 4.62. The van der Waals surface area contributed by atoms with Crippen molar-refractivity contribution in [2.45, 2.75) is 25.2 Å². The standard InChI is InChI=1S/C24H25N3O2/c1-29-21-11-5-9-19(14-21)22-15-25-16-23(26-22)20-10-6-12-27(17-20)24(28)13-18-7-3-2-4-8-18/h2-5,7-9,11,14-16,20H,6,10,12-13,17H2,1H3/t20-/m1/s1. The van der Waals surface area contributed by atoms with Crippen LogP contribution in [-0.2, 0) is 11.2 Å². The van der Waals surface area contributed by atoms with E-state index >= 15 is 0 Å². The number of ether oxygens (including phenoxy) is 1. The van der Waals surface area contributed by atoms with Gasteiger partial charge in [0.05, 0.1) is 31.1 Å². The molecule has 1 aliphatic heterocycles. The fourth-order valence-corrected chi connectivity index (χ4v) is 3.83. The van der Waals surface area contributed by atoms with Crippen molar-refractivity contribution < 1.29 is 9.53 Å². The topological polar surface area (TPSA) is 55.3 Å². The SMILES string of the molecule is COc1cccc(-c2cncc([C@@H]3CCCN(C(=O)Cc4ccccc4)C3)n2)c1. The van der Waals surface area contributed by atoms with Crippen LogP contribution < -0.4 is 4.74 Å². The van der Waals surface area contributed by atoms with Crippen molar-refractivity contribution in [3.8, 4) is 17.0 Å². The molecule has 0 aliphatic carbocycles. The van der Waals surface area contributed by atoms with Crippen LogP contribution in [0.15, 0.2) is 67.0 Å². The van der Waals surface area contributed by atoms with Crippen molar-refractivity contribution in [1.82, 2.24) is 14.9 Å². The molecule has 1 aliphatic rings. The first-order chi connectivity index (χ1) is 14.2. The highest BCUT2D eigenvalue weighted by atomic mass is 16.5. The molecule has 1 atom stereocenters. The second-order valence-corrected chi connectivity index (χ2v) is 7.40. The lowest BCUT2D eigenvalue weighted by Gasteiger charge is -2.32. The number of aromatic nitrogens is 2. The molecule has 0 N–H and O–H groups in total. The van der Waals surface area contributed by atoms with E-state index in [1.807, 2.05) is 65.7 Å². The Morgan fingerprint density at radius 1 is 1.14 bits per heavy atom. The molecule has 148 valence electrons. The highest BCUT2D eigenvalue weighted by molar-refractivity contribution is 5.79. The molecule has 0 spiro atoms. The van der Waals surface area contributed by atoms with Crippen LogP contribution in [0.2, 0.25) is 0 Å².